The molecule has 2 N–H and O–H groups in total. The lowest BCUT2D eigenvalue weighted by Crippen LogP contribution is -2.06. The van der Waals surface area contributed by atoms with Gasteiger partial charge in [0.15, 0.2) is 0 Å². The van der Waals surface area contributed by atoms with Crippen molar-refractivity contribution in [2.24, 2.45) is 0 Å². The molecular weight excluding hydrogens is 291 g/mol. The highest BCUT2D eigenvalue weighted by atomic mass is 79.9. The fraction of sp³-hybridized carbons (Fsp3) is 0.200. The largest absolute Gasteiger partial charge is 0.383 e. The zero-order valence-electron chi connectivity index (χ0n) is 8.61. The van der Waals surface area contributed by atoms with E-state index in [2.05, 4.69) is 26.0 Å². The highest BCUT2D eigenvalue weighted by Gasteiger charge is 2.10. The van der Waals surface area contributed by atoms with Crippen LogP contribution in [0.25, 0.3) is 0 Å². The van der Waals surface area contributed by atoms with Crippen molar-refractivity contribution in [2.45, 2.75) is 13.5 Å². The molecule has 2 aromatic heterocycles. The zero-order valence-corrected chi connectivity index (χ0v) is 11.0. The molecule has 0 aliphatic heterocycles. The second-order valence-electron chi connectivity index (χ2n) is 3.45. The van der Waals surface area contributed by atoms with Crippen LogP contribution in [0.2, 0.25) is 5.02 Å². The van der Waals surface area contributed by atoms with E-state index in [1.165, 1.54) is 0 Å². The molecule has 4 nitrogen and oxygen atoms in total. The van der Waals surface area contributed by atoms with Gasteiger partial charge in [-0.05, 0) is 34.5 Å². The van der Waals surface area contributed by atoms with Gasteiger partial charge in [0.25, 0.3) is 0 Å². The third kappa shape index (κ3) is 2.20. The maximum Gasteiger partial charge on any atom is 0.141 e. The second kappa shape index (κ2) is 4.43. The van der Waals surface area contributed by atoms with Crippen LogP contribution in [0.3, 0.4) is 0 Å². The number of anilines is 1. The lowest BCUT2D eigenvalue weighted by molar-refractivity contribution is 0.687. The SMILES string of the molecule is Cc1nn(Cc2cncc(Br)c2)c(N)c1Cl. The predicted molar refractivity (Wildman–Crippen MR) is 67.4 cm³/mol. The van der Waals surface area contributed by atoms with Crippen LogP contribution in [0.15, 0.2) is 22.9 Å². The quantitative estimate of drug-likeness (QED) is 0.927. The van der Waals surface area contributed by atoms with Crippen molar-refractivity contribution in [3.05, 3.63) is 39.2 Å². The molecule has 0 aliphatic rings. The van der Waals surface area contributed by atoms with E-state index in [4.69, 9.17) is 17.3 Å². The molecule has 16 heavy (non-hydrogen) atoms. The van der Waals surface area contributed by atoms with Gasteiger partial charge in [0, 0.05) is 16.9 Å². The number of nitrogens with two attached hydrogens (primary N) is 1. The van der Waals surface area contributed by atoms with E-state index in [1.54, 1.807) is 17.1 Å². The Labute approximate surface area is 107 Å². The normalized spacial score (nSPS) is 10.7. The maximum atomic E-state index is 5.96. The smallest absolute Gasteiger partial charge is 0.141 e. The number of hydrogen-bond acceptors (Lipinski definition) is 3. The van der Waals surface area contributed by atoms with Crippen molar-refractivity contribution in [2.75, 3.05) is 5.73 Å². The molecular formula is C10H10BrClN4. The summed E-state index contributed by atoms with van der Waals surface area (Å²) in [5, 5.41) is 4.77. The Morgan fingerprint density at radius 2 is 2.25 bits per heavy atom. The lowest BCUT2D eigenvalue weighted by atomic mass is 10.3. The van der Waals surface area contributed by atoms with Crippen LogP contribution in [0.4, 0.5) is 5.82 Å². The van der Waals surface area contributed by atoms with Gasteiger partial charge >= 0.3 is 0 Å². The van der Waals surface area contributed by atoms with Crippen LogP contribution < -0.4 is 5.73 Å². The Balaban J connectivity index is 2.30. The van der Waals surface area contributed by atoms with Gasteiger partial charge in [-0.3, -0.25) is 4.98 Å². The van der Waals surface area contributed by atoms with Gasteiger partial charge in [-0.2, -0.15) is 5.10 Å². The van der Waals surface area contributed by atoms with Crippen molar-refractivity contribution in [1.82, 2.24) is 14.8 Å². The first-order valence-corrected chi connectivity index (χ1v) is 5.83. The Bertz CT molecular complexity index is 524. The van der Waals surface area contributed by atoms with Gasteiger partial charge < -0.3 is 5.73 Å². The third-order valence-corrected chi connectivity index (χ3v) is 3.09. The summed E-state index contributed by atoms with van der Waals surface area (Å²) < 4.78 is 2.60. The van der Waals surface area contributed by atoms with Crippen molar-refractivity contribution in [1.29, 1.82) is 0 Å². The summed E-state index contributed by atoms with van der Waals surface area (Å²) in [5.41, 5.74) is 7.58. The molecule has 0 saturated heterocycles. The van der Waals surface area contributed by atoms with E-state index in [9.17, 15) is 0 Å². The molecule has 84 valence electrons. The van der Waals surface area contributed by atoms with Crippen LogP contribution in [0.1, 0.15) is 11.3 Å². The average Bonchev–Trinajstić information content (AvgIpc) is 2.47. The number of halogens is 2. The molecule has 0 fully saturated rings. The second-order valence-corrected chi connectivity index (χ2v) is 4.75. The molecule has 0 aliphatic carbocycles. The first kappa shape index (κ1) is 11.4. The standard InChI is InChI=1S/C10H10BrClN4/c1-6-9(12)10(13)16(15-6)5-7-2-8(11)4-14-3-7/h2-4H,5,13H2,1H3. The van der Waals surface area contributed by atoms with Crippen LogP contribution in [-0.2, 0) is 6.54 Å². The van der Waals surface area contributed by atoms with Gasteiger partial charge in [0.2, 0.25) is 0 Å². The van der Waals surface area contributed by atoms with Crippen molar-refractivity contribution < 1.29 is 0 Å². The number of hydrogen-bond donors (Lipinski definition) is 1. The maximum absolute atomic E-state index is 5.96. The molecule has 2 aromatic rings. The highest BCUT2D eigenvalue weighted by molar-refractivity contribution is 9.10. The molecule has 0 aromatic carbocycles. The summed E-state index contributed by atoms with van der Waals surface area (Å²) in [6, 6.07) is 1.97. The van der Waals surface area contributed by atoms with Gasteiger partial charge in [-0.15, -0.1) is 0 Å². The molecule has 0 atom stereocenters. The Kier molecular flexibility index (Phi) is 3.16. The van der Waals surface area contributed by atoms with E-state index in [0.717, 1.165) is 15.7 Å². The zero-order chi connectivity index (χ0) is 11.7. The van der Waals surface area contributed by atoms with E-state index < -0.39 is 0 Å². The highest BCUT2D eigenvalue weighted by Crippen LogP contribution is 2.23. The predicted octanol–water partition coefficient (Wildman–Crippen LogP) is 2.63. The van der Waals surface area contributed by atoms with Gasteiger partial charge in [0.1, 0.15) is 10.8 Å². The number of aromatic nitrogens is 3. The first-order chi connectivity index (χ1) is 7.58. The molecule has 2 heterocycles. The molecule has 6 heteroatoms. The van der Waals surface area contributed by atoms with Crippen molar-refractivity contribution >= 4 is 33.3 Å². The molecule has 0 amide bonds. The summed E-state index contributed by atoms with van der Waals surface area (Å²) in [6.07, 6.45) is 3.50. The van der Waals surface area contributed by atoms with Crippen LogP contribution in [0.5, 0.6) is 0 Å². The van der Waals surface area contributed by atoms with Crippen LogP contribution >= 0.6 is 27.5 Å². The minimum Gasteiger partial charge on any atom is -0.383 e. The summed E-state index contributed by atoms with van der Waals surface area (Å²) in [4.78, 5) is 4.08. The topological polar surface area (TPSA) is 56.7 Å². The van der Waals surface area contributed by atoms with E-state index in [1.807, 2.05) is 13.0 Å². The fourth-order valence-corrected chi connectivity index (χ4v) is 1.96. The van der Waals surface area contributed by atoms with Crippen LogP contribution in [0, 0.1) is 6.92 Å². The monoisotopic (exact) mass is 300 g/mol. The van der Waals surface area contributed by atoms with E-state index >= 15 is 0 Å². The first-order valence-electron chi connectivity index (χ1n) is 4.65. The van der Waals surface area contributed by atoms with E-state index in [-0.39, 0.29) is 0 Å². The molecule has 0 saturated carbocycles. The number of pyridine rings is 1. The Hall–Kier alpha value is -1.07. The molecule has 2 rings (SSSR count). The number of nitrogen functional groups attached to an aromatic ring is 1. The minimum absolute atomic E-state index is 0.485. The number of rotatable bonds is 2. The van der Waals surface area contributed by atoms with Crippen LogP contribution in [-0.4, -0.2) is 14.8 Å². The summed E-state index contributed by atoms with van der Waals surface area (Å²) in [5.74, 6) is 0.485. The third-order valence-electron chi connectivity index (χ3n) is 2.19. The molecule has 0 unspecified atom stereocenters. The van der Waals surface area contributed by atoms with Gasteiger partial charge in [0.05, 0.1) is 12.2 Å². The van der Waals surface area contributed by atoms with Crippen molar-refractivity contribution in [3.8, 4) is 0 Å². The molecule has 0 spiro atoms. The van der Waals surface area contributed by atoms with Gasteiger partial charge in [-0.25, -0.2) is 4.68 Å². The Morgan fingerprint density at radius 3 is 2.81 bits per heavy atom. The molecule has 0 bridgehead atoms. The summed E-state index contributed by atoms with van der Waals surface area (Å²) in [6.45, 7) is 2.39. The Morgan fingerprint density at radius 1 is 1.50 bits per heavy atom. The summed E-state index contributed by atoms with van der Waals surface area (Å²) >= 11 is 9.33. The van der Waals surface area contributed by atoms with Crippen molar-refractivity contribution in [3.63, 3.8) is 0 Å². The van der Waals surface area contributed by atoms with Gasteiger partial charge in [-0.1, -0.05) is 11.6 Å². The fourth-order valence-electron chi connectivity index (χ4n) is 1.41. The average molecular weight is 302 g/mol. The minimum atomic E-state index is 0.485. The number of nitrogens with zero attached hydrogens (tertiary/aromatic N) is 3. The molecule has 0 radical (unpaired) electrons. The number of aryl methyl sites for hydroxylation is 1. The van der Waals surface area contributed by atoms with E-state index in [0.29, 0.717) is 17.4 Å². The summed E-state index contributed by atoms with van der Waals surface area (Å²) in [7, 11) is 0. The lowest BCUT2D eigenvalue weighted by Gasteiger charge is -2.04.